The van der Waals surface area contributed by atoms with Gasteiger partial charge in [0.1, 0.15) is 11.6 Å². The standard InChI is InChI=1S/C21H23NO4.BrH/c1-22(11-12-2-3-12)9-8-20-17-13-4-5-14(23)18(17)26-19(20)15(24)6-7-21(20,25)16(22)10-13;/h4-7,12,16,19,25H,2-3,8-11H2,1H3;1H/t16-,19+,20+,21?,22-;/m1./s1. The lowest BCUT2D eigenvalue weighted by atomic mass is 9.50. The summed E-state index contributed by atoms with van der Waals surface area (Å²) in [6, 6.07) is 3.64. The highest BCUT2D eigenvalue weighted by Gasteiger charge is 2.75. The van der Waals surface area contributed by atoms with Crippen LogP contribution in [0.15, 0.2) is 24.3 Å². The first-order valence-corrected chi connectivity index (χ1v) is 9.71. The number of halogens is 1. The number of ether oxygens (including phenoxy) is 1. The fourth-order valence-electron chi connectivity index (χ4n) is 6.52. The van der Waals surface area contributed by atoms with E-state index in [1.54, 1.807) is 12.1 Å². The summed E-state index contributed by atoms with van der Waals surface area (Å²) >= 11 is 0. The molecule has 0 aromatic heterocycles. The number of phenolic OH excluding ortho intramolecular Hbond substituents is 1. The second-order valence-electron chi connectivity index (χ2n) is 9.28. The first kappa shape index (κ1) is 17.7. The number of carbonyl (C=O) groups is 1. The Hall–Kier alpha value is -1.37. The minimum atomic E-state index is -1.11. The molecule has 1 aromatic carbocycles. The van der Waals surface area contributed by atoms with Gasteiger partial charge in [0, 0.05) is 24.3 Å². The zero-order chi connectivity index (χ0) is 17.9. The Kier molecular flexibility index (Phi) is 3.38. The van der Waals surface area contributed by atoms with Crippen molar-refractivity contribution in [2.75, 3.05) is 20.1 Å². The van der Waals surface area contributed by atoms with Crippen LogP contribution in [-0.2, 0) is 16.6 Å². The highest BCUT2D eigenvalue weighted by molar-refractivity contribution is 5.98. The summed E-state index contributed by atoms with van der Waals surface area (Å²) in [4.78, 5) is 12.7. The molecule has 3 aliphatic carbocycles. The molecule has 0 amide bonds. The van der Waals surface area contributed by atoms with Gasteiger partial charge in [-0.05, 0) is 36.6 Å². The lowest BCUT2D eigenvalue weighted by molar-refractivity contribution is -0.949. The van der Waals surface area contributed by atoms with Gasteiger partial charge in [-0.25, -0.2) is 0 Å². The van der Waals surface area contributed by atoms with E-state index >= 15 is 0 Å². The number of hydrogen-bond acceptors (Lipinski definition) is 4. The zero-order valence-corrected chi connectivity index (χ0v) is 16.9. The smallest absolute Gasteiger partial charge is 0.197 e. The van der Waals surface area contributed by atoms with E-state index in [2.05, 4.69) is 7.05 Å². The van der Waals surface area contributed by atoms with Crippen molar-refractivity contribution < 1.29 is 41.2 Å². The van der Waals surface area contributed by atoms with E-state index in [1.807, 2.05) is 6.07 Å². The number of aliphatic hydroxyl groups is 1. The fraction of sp³-hybridized carbons (Fsp3) is 0.571. The van der Waals surface area contributed by atoms with Crippen LogP contribution in [0.5, 0.6) is 11.5 Å². The first-order valence-electron chi connectivity index (χ1n) is 9.71. The molecule has 144 valence electrons. The van der Waals surface area contributed by atoms with Crippen molar-refractivity contribution in [1.82, 2.24) is 0 Å². The lowest BCUT2D eigenvalue weighted by Crippen LogP contribution is -3.00. The van der Waals surface area contributed by atoms with Gasteiger partial charge in [-0.1, -0.05) is 6.07 Å². The summed E-state index contributed by atoms with van der Waals surface area (Å²) in [5.41, 5.74) is 0.140. The zero-order valence-electron chi connectivity index (χ0n) is 15.3. The van der Waals surface area contributed by atoms with Gasteiger partial charge < -0.3 is 36.4 Å². The fourth-order valence-corrected chi connectivity index (χ4v) is 6.52. The molecule has 0 radical (unpaired) electrons. The summed E-state index contributed by atoms with van der Waals surface area (Å²) in [7, 11) is 2.27. The molecule has 6 rings (SSSR count). The van der Waals surface area contributed by atoms with Crippen LogP contribution in [-0.4, -0.2) is 58.4 Å². The molecular formula is C21H24BrNO4. The maximum Gasteiger partial charge on any atom is 0.197 e. The second-order valence-corrected chi connectivity index (χ2v) is 9.28. The van der Waals surface area contributed by atoms with Crippen molar-refractivity contribution in [2.24, 2.45) is 5.92 Å². The molecule has 27 heavy (non-hydrogen) atoms. The summed E-state index contributed by atoms with van der Waals surface area (Å²) < 4.78 is 6.88. The van der Waals surface area contributed by atoms with Gasteiger partial charge in [0.05, 0.1) is 25.6 Å². The average molecular weight is 434 g/mol. The molecule has 2 bridgehead atoms. The van der Waals surface area contributed by atoms with Crippen LogP contribution >= 0.6 is 0 Å². The number of piperidine rings is 1. The predicted molar refractivity (Wildman–Crippen MR) is 94.0 cm³/mol. The van der Waals surface area contributed by atoms with E-state index in [0.717, 1.165) is 41.0 Å². The quantitative estimate of drug-likeness (QED) is 0.554. The highest BCUT2D eigenvalue weighted by atomic mass is 79.9. The monoisotopic (exact) mass is 433 g/mol. The van der Waals surface area contributed by atoms with E-state index in [-0.39, 0.29) is 34.6 Å². The summed E-state index contributed by atoms with van der Waals surface area (Å²) in [6.45, 7) is 2.02. The topological polar surface area (TPSA) is 66.8 Å². The lowest BCUT2D eigenvalue weighted by Gasteiger charge is -2.62. The Bertz CT molecular complexity index is 896. The predicted octanol–water partition coefficient (Wildman–Crippen LogP) is -1.55. The Balaban J connectivity index is 0.00000160. The van der Waals surface area contributed by atoms with Crippen molar-refractivity contribution in [3.05, 3.63) is 35.4 Å². The van der Waals surface area contributed by atoms with Crippen LogP contribution in [0.3, 0.4) is 0 Å². The first-order chi connectivity index (χ1) is 12.4. The van der Waals surface area contributed by atoms with Gasteiger partial charge in [0.2, 0.25) is 0 Å². The number of hydrogen-bond donors (Lipinski definition) is 2. The molecule has 1 spiro atoms. The number of likely N-dealkylation sites (tertiary alicyclic amines) is 1. The molecule has 5 atom stereocenters. The molecule has 5 nitrogen and oxygen atoms in total. The molecule has 2 heterocycles. The van der Waals surface area contributed by atoms with E-state index < -0.39 is 17.1 Å². The molecule has 2 N–H and O–H groups in total. The maximum absolute atomic E-state index is 12.7. The third-order valence-corrected chi connectivity index (χ3v) is 7.89. The number of carbonyl (C=O) groups excluding carboxylic acids is 1. The van der Waals surface area contributed by atoms with E-state index in [0.29, 0.717) is 12.2 Å². The van der Waals surface area contributed by atoms with Gasteiger partial charge in [0.15, 0.2) is 23.4 Å². The third-order valence-electron chi connectivity index (χ3n) is 7.89. The summed E-state index contributed by atoms with van der Waals surface area (Å²) in [5.74, 6) is 1.15. The SMILES string of the molecule is C[N@+]1(CC2CC2)CC[C@]23c4c5ccc(O)c4O[C@H]2C(=O)C=CC3(O)[C@H]1C5.[Br-]. The normalized spacial score (nSPS) is 43.0. The van der Waals surface area contributed by atoms with Crippen LogP contribution < -0.4 is 21.7 Å². The van der Waals surface area contributed by atoms with Crippen molar-refractivity contribution in [3.8, 4) is 11.5 Å². The van der Waals surface area contributed by atoms with Gasteiger partial charge in [-0.3, -0.25) is 4.79 Å². The number of nitrogens with zero attached hydrogens (tertiary/aromatic N) is 1. The minimum Gasteiger partial charge on any atom is -1.00 e. The second kappa shape index (κ2) is 5.16. The Labute approximate surface area is 169 Å². The minimum absolute atomic E-state index is 0. The maximum atomic E-state index is 12.7. The average Bonchev–Trinajstić information content (AvgIpc) is 3.32. The van der Waals surface area contributed by atoms with Gasteiger partial charge >= 0.3 is 0 Å². The van der Waals surface area contributed by atoms with E-state index in [1.165, 1.54) is 18.9 Å². The Morgan fingerprint density at radius 2 is 2.11 bits per heavy atom. The number of benzene rings is 1. The summed E-state index contributed by atoms with van der Waals surface area (Å²) in [6.07, 6.45) is 6.57. The van der Waals surface area contributed by atoms with Crippen LogP contribution in [0.4, 0.5) is 0 Å². The molecule has 6 heteroatoms. The number of rotatable bonds is 2. The number of likely N-dealkylation sites (N-methyl/N-ethyl adjacent to an activating group) is 1. The molecule has 1 aromatic rings. The van der Waals surface area contributed by atoms with Gasteiger partial charge in [-0.2, -0.15) is 0 Å². The van der Waals surface area contributed by atoms with Crippen molar-refractivity contribution in [2.45, 2.75) is 48.8 Å². The Morgan fingerprint density at radius 3 is 2.85 bits per heavy atom. The molecular weight excluding hydrogens is 410 g/mol. The van der Waals surface area contributed by atoms with Crippen LogP contribution in [0.25, 0.3) is 0 Å². The van der Waals surface area contributed by atoms with Crippen molar-refractivity contribution >= 4 is 5.78 Å². The molecule has 2 aliphatic heterocycles. The number of aromatic hydroxyl groups is 1. The van der Waals surface area contributed by atoms with Gasteiger partial charge in [0.25, 0.3) is 0 Å². The van der Waals surface area contributed by atoms with Crippen LogP contribution in [0, 0.1) is 5.92 Å². The molecule has 1 saturated carbocycles. The molecule has 5 aliphatic rings. The van der Waals surface area contributed by atoms with E-state index in [4.69, 9.17) is 4.74 Å². The number of quaternary nitrogens is 1. The Morgan fingerprint density at radius 1 is 1.33 bits per heavy atom. The van der Waals surface area contributed by atoms with Crippen molar-refractivity contribution in [1.29, 1.82) is 0 Å². The van der Waals surface area contributed by atoms with Crippen LogP contribution in [0.1, 0.15) is 30.4 Å². The molecule has 1 unspecified atom stereocenters. The summed E-state index contributed by atoms with van der Waals surface area (Å²) in [5, 5.41) is 22.4. The van der Waals surface area contributed by atoms with E-state index in [9.17, 15) is 15.0 Å². The highest BCUT2D eigenvalue weighted by Crippen LogP contribution is 2.64. The molecule has 1 saturated heterocycles. The third kappa shape index (κ3) is 1.89. The largest absolute Gasteiger partial charge is 1.00 e. The number of ketones is 1. The van der Waals surface area contributed by atoms with Gasteiger partial charge in [-0.15, -0.1) is 0 Å². The molecule has 2 fully saturated rings. The van der Waals surface area contributed by atoms with Crippen LogP contribution in [0.2, 0.25) is 0 Å². The van der Waals surface area contributed by atoms with Crippen molar-refractivity contribution in [3.63, 3.8) is 0 Å². The number of phenols is 1.